The van der Waals surface area contributed by atoms with Gasteiger partial charge in [0.25, 0.3) is 0 Å². The predicted octanol–water partition coefficient (Wildman–Crippen LogP) is 3.82. The van der Waals surface area contributed by atoms with Crippen LogP contribution >= 0.6 is 23.5 Å². The van der Waals surface area contributed by atoms with Gasteiger partial charge in [-0.05, 0) is 48.2 Å². The summed E-state index contributed by atoms with van der Waals surface area (Å²) in [6, 6.07) is 5.57. The Morgan fingerprint density at radius 3 is 2.81 bits per heavy atom. The zero-order valence-electron chi connectivity index (χ0n) is 12.2. The Labute approximate surface area is 133 Å². The van der Waals surface area contributed by atoms with Gasteiger partial charge in [-0.15, -0.1) is 0 Å². The lowest BCUT2D eigenvalue weighted by Gasteiger charge is -2.09. The summed E-state index contributed by atoms with van der Waals surface area (Å²) in [5.74, 6) is 2.25. The molecule has 0 aliphatic carbocycles. The van der Waals surface area contributed by atoms with Crippen molar-refractivity contribution in [3.8, 4) is 11.5 Å². The molecular weight excluding hydrogens is 306 g/mol. The first-order valence-electron chi connectivity index (χ1n) is 6.64. The molecule has 0 spiro atoms. The molecule has 21 heavy (non-hydrogen) atoms. The maximum Gasteiger partial charge on any atom is 0.244 e. The van der Waals surface area contributed by atoms with Crippen molar-refractivity contribution in [2.75, 3.05) is 19.5 Å². The molecule has 2 rings (SSSR count). The van der Waals surface area contributed by atoms with Gasteiger partial charge in [-0.1, -0.05) is 24.8 Å². The first-order chi connectivity index (χ1) is 10.2. The molecule has 0 N–H and O–H groups in total. The largest absolute Gasteiger partial charge is 0.493 e. The highest BCUT2D eigenvalue weighted by Crippen LogP contribution is 2.33. The number of carbonyl (C=O) groups excluding carboxylic acids is 1. The Morgan fingerprint density at radius 1 is 1.33 bits per heavy atom. The van der Waals surface area contributed by atoms with Gasteiger partial charge in [0.15, 0.2) is 11.5 Å². The van der Waals surface area contributed by atoms with E-state index in [1.165, 1.54) is 11.8 Å². The number of hydrogen-bond acceptors (Lipinski definition) is 6. The zero-order chi connectivity index (χ0) is 15.2. The number of hydrogen-bond donors (Lipinski definition) is 0. The van der Waals surface area contributed by atoms with Gasteiger partial charge in [0.1, 0.15) is 10.1 Å². The molecule has 0 radical (unpaired) electrons. The maximum atomic E-state index is 11.9. The summed E-state index contributed by atoms with van der Waals surface area (Å²) >= 11 is 2.77. The lowest BCUT2D eigenvalue weighted by Crippen LogP contribution is -1.95. The van der Waals surface area contributed by atoms with Crippen molar-refractivity contribution in [1.82, 2.24) is 0 Å². The smallest absolute Gasteiger partial charge is 0.244 e. The molecule has 0 saturated heterocycles. The van der Waals surface area contributed by atoms with Gasteiger partial charge in [0.05, 0.1) is 13.7 Å². The molecule has 0 aromatic heterocycles. The number of rotatable bonds is 5. The number of aliphatic imine (C=N–C) groups is 1. The summed E-state index contributed by atoms with van der Waals surface area (Å²) in [6.07, 6.45) is 1.77. The van der Waals surface area contributed by atoms with Crippen molar-refractivity contribution in [2.45, 2.75) is 13.8 Å². The number of carbonyl (C=O) groups is 1. The fraction of sp³-hybridized carbons (Fsp3) is 0.333. The van der Waals surface area contributed by atoms with Crippen LogP contribution < -0.4 is 9.47 Å². The van der Waals surface area contributed by atoms with Crippen molar-refractivity contribution in [3.05, 3.63) is 29.5 Å². The molecule has 4 nitrogen and oxygen atoms in total. The number of methoxy groups -OCH3 is 1. The van der Waals surface area contributed by atoms with E-state index in [1.54, 1.807) is 24.9 Å². The second kappa shape index (κ2) is 7.56. The Hall–Kier alpha value is -1.40. The fourth-order valence-corrected chi connectivity index (χ4v) is 3.52. The summed E-state index contributed by atoms with van der Waals surface area (Å²) in [5.41, 5.74) is 1.34. The highest BCUT2D eigenvalue weighted by Gasteiger charge is 2.22. The van der Waals surface area contributed by atoms with Gasteiger partial charge >= 0.3 is 0 Å². The van der Waals surface area contributed by atoms with Crippen LogP contribution in [-0.2, 0) is 4.79 Å². The van der Waals surface area contributed by atoms with E-state index in [9.17, 15) is 4.79 Å². The van der Waals surface area contributed by atoms with Crippen LogP contribution in [0.3, 0.4) is 0 Å². The third kappa shape index (κ3) is 4.04. The standard InChI is InChI=1S/C15H17NO3S2/c1-4-19-12-7-6-10(9-13(12)18-3)8-11-14(17)21-15(16-11)20-5-2/h6-9H,4-5H2,1-3H3. The molecular formula is C15H17NO3S2. The molecule has 1 aliphatic heterocycles. The second-order valence-electron chi connectivity index (χ2n) is 4.07. The van der Waals surface area contributed by atoms with E-state index >= 15 is 0 Å². The zero-order valence-corrected chi connectivity index (χ0v) is 13.8. The number of ether oxygens (including phenoxy) is 2. The van der Waals surface area contributed by atoms with Crippen molar-refractivity contribution in [2.24, 2.45) is 4.99 Å². The van der Waals surface area contributed by atoms with E-state index in [0.717, 1.165) is 15.7 Å². The van der Waals surface area contributed by atoms with Crippen molar-refractivity contribution in [3.63, 3.8) is 0 Å². The van der Waals surface area contributed by atoms with Gasteiger partial charge in [-0.25, -0.2) is 4.99 Å². The molecule has 0 unspecified atom stereocenters. The molecule has 1 aliphatic rings. The second-order valence-corrected chi connectivity index (χ2v) is 6.55. The number of benzene rings is 1. The summed E-state index contributed by atoms with van der Waals surface area (Å²) in [7, 11) is 1.60. The third-order valence-electron chi connectivity index (χ3n) is 2.66. The predicted molar refractivity (Wildman–Crippen MR) is 90.3 cm³/mol. The lowest BCUT2D eigenvalue weighted by atomic mass is 10.1. The van der Waals surface area contributed by atoms with Crippen LogP contribution in [0.15, 0.2) is 28.9 Å². The first kappa shape index (κ1) is 16.0. The van der Waals surface area contributed by atoms with Crippen LogP contribution in [0.25, 0.3) is 6.08 Å². The molecule has 1 aromatic rings. The van der Waals surface area contributed by atoms with Crippen LogP contribution in [0.4, 0.5) is 0 Å². The quantitative estimate of drug-likeness (QED) is 0.771. The molecule has 112 valence electrons. The van der Waals surface area contributed by atoms with Gasteiger partial charge in [-0.3, -0.25) is 4.79 Å². The molecule has 0 atom stereocenters. The Bertz CT molecular complexity index is 597. The molecule has 0 saturated carbocycles. The van der Waals surface area contributed by atoms with Gasteiger partial charge in [0.2, 0.25) is 5.12 Å². The minimum Gasteiger partial charge on any atom is -0.493 e. The van der Waals surface area contributed by atoms with Crippen molar-refractivity contribution in [1.29, 1.82) is 0 Å². The van der Waals surface area contributed by atoms with Crippen molar-refractivity contribution >= 4 is 39.1 Å². The van der Waals surface area contributed by atoms with E-state index < -0.39 is 0 Å². The average molecular weight is 323 g/mol. The summed E-state index contributed by atoms with van der Waals surface area (Å²) in [4.78, 5) is 16.2. The summed E-state index contributed by atoms with van der Waals surface area (Å²) in [5, 5.41) is -0.0150. The first-order valence-corrected chi connectivity index (χ1v) is 8.44. The molecule has 1 aromatic carbocycles. The minimum absolute atomic E-state index is 0.0150. The minimum atomic E-state index is -0.0150. The number of thioether (sulfide) groups is 2. The molecule has 6 heteroatoms. The van der Waals surface area contributed by atoms with Crippen LogP contribution in [0.1, 0.15) is 19.4 Å². The normalized spacial score (nSPS) is 16.2. The Morgan fingerprint density at radius 2 is 2.14 bits per heavy atom. The monoisotopic (exact) mass is 323 g/mol. The SMILES string of the molecule is CCOc1ccc(C=C2N=C(SCC)SC2=O)cc1OC. The molecule has 0 fully saturated rings. The van der Waals surface area contributed by atoms with E-state index in [0.29, 0.717) is 23.8 Å². The number of nitrogens with zero attached hydrogens (tertiary/aromatic N) is 1. The van der Waals surface area contributed by atoms with Gasteiger partial charge in [0, 0.05) is 0 Å². The van der Waals surface area contributed by atoms with Crippen LogP contribution in [-0.4, -0.2) is 29.0 Å². The summed E-state index contributed by atoms with van der Waals surface area (Å²) in [6.45, 7) is 4.54. The van der Waals surface area contributed by atoms with E-state index in [-0.39, 0.29) is 5.12 Å². The molecule has 0 bridgehead atoms. The fourth-order valence-electron chi connectivity index (χ4n) is 1.78. The Balaban J connectivity index is 2.26. The van der Waals surface area contributed by atoms with Gasteiger partial charge < -0.3 is 9.47 Å². The van der Waals surface area contributed by atoms with Crippen molar-refractivity contribution < 1.29 is 14.3 Å². The average Bonchev–Trinajstić information content (AvgIpc) is 2.81. The highest BCUT2D eigenvalue weighted by atomic mass is 32.2. The van der Waals surface area contributed by atoms with Crippen LogP contribution in [0.5, 0.6) is 11.5 Å². The van der Waals surface area contributed by atoms with E-state index in [1.807, 2.05) is 32.0 Å². The summed E-state index contributed by atoms with van der Waals surface area (Å²) < 4.78 is 11.6. The molecule has 1 heterocycles. The lowest BCUT2D eigenvalue weighted by molar-refractivity contribution is -0.107. The van der Waals surface area contributed by atoms with E-state index in [4.69, 9.17) is 9.47 Å². The van der Waals surface area contributed by atoms with Crippen LogP contribution in [0.2, 0.25) is 0 Å². The van der Waals surface area contributed by atoms with Gasteiger partial charge in [-0.2, -0.15) is 0 Å². The maximum absolute atomic E-state index is 11.9. The van der Waals surface area contributed by atoms with E-state index in [2.05, 4.69) is 4.99 Å². The molecule has 0 amide bonds. The Kier molecular flexibility index (Phi) is 5.76. The highest BCUT2D eigenvalue weighted by molar-refractivity contribution is 8.45. The topological polar surface area (TPSA) is 47.9 Å². The van der Waals surface area contributed by atoms with Crippen LogP contribution in [0, 0.1) is 0 Å². The third-order valence-corrected chi connectivity index (χ3v) is 4.55.